The number of rotatable bonds is 6. The van der Waals surface area contributed by atoms with Gasteiger partial charge in [0.25, 0.3) is 0 Å². The molecule has 0 unspecified atom stereocenters. The van der Waals surface area contributed by atoms with E-state index < -0.39 is 53.3 Å². The maximum Gasteiger partial charge on any atom is 0.411 e. The summed E-state index contributed by atoms with van der Waals surface area (Å²) in [5.74, 6) is -1.73. The largest absolute Gasteiger partial charge is 0.515 e. The van der Waals surface area contributed by atoms with E-state index >= 15 is 0 Å². The van der Waals surface area contributed by atoms with Gasteiger partial charge >= 0.3 is 12.1 Å². The fourth-order valence-corrected chi connectivity index (χ4v) is 4.41. The molecule has 3 rings (SSSR count). The SMILES string of the molecule is CC(C)(C)OC(=O)/C(=C\O)[C@H]1[C@@H]2OC(C)(C)O[C@@H]2[C@@H](COCc2ccccc2)N1C(=O)OC(C)(C)C. The minimum atomic E-state index is -1.02. The third kappa shape index (κ3) is 6.78. The zero-order valence-electron chi connectivity index (χ0n) is 22.4. The van der Waals surface area contributed by atoms with E-state index in [1.807, 2.05) is 30.3 Å². The summed E-state index contributed by atoms with van der Waals surface area (Å²) < 4.78 is 29.6. The molecule has 2 aliphatic rings. The number of fused-ring (bicyclic) bond motifs is 1. The Labute approximate surface area is 213 Å². The van der Waals surface area contributed by atoms with E-state index in [2.05, 4.69) is 0 Å². The predicted molar refractivity (Wildman–Crippen MR) is 132 cm³/mol. The Morgan fingerprint density at radius 2 is 1.58 bits per heavy atom. The lowest BCUT2D eigenvalue weighted by molar-refractivity contribution is -0.170. The van der Waals surface area contributed by atoms with E-state index in [9.17, 15) is 14.7 Å². The van der Waals surface area contributed by atoms with Gasteiger partial charge in [-0.2, -0.15) is 0 Å². The van der Waals surface area contributed by atoms with Crippen LogP contribution < -0.4 is 0 Å². The van der Waals surface area contributed by atoms with Gasteiger partial charge in [0.05, 0.1) is 37.1 Å². The van der Waals surface area contributed by atoms with Gasteiger partial charge in [-0.1, -0.05) is 30.3 Å². The fourth-order valence-electron chi connectivity index (χ4n) is 4.41. The fraction of sp³-hybridized carbons (Fsp3) is 0.630. The van der Waals surface area contributed by atoms with Gasteiger partial charge in [-0.05, 0) is 61.0 Å². The van der Waals surface area contributed by atoms with Gasteiger partial charge in [0, 0.05) is 0 Å². The van der Waals surface area contributed by atoms with Crippen LogP contribution in [0.3, 0.4) is 0 Å². The average Bonchev–Trinajstić information content (AvgIpc) is 3.18. The quantitative estimate of drug-likeness (QED) is 0.343. The number of carbonyl (C=O) groups excluding carboxylic acids is 2. The van der Waals surface area contributed by atoms with E-state index in [1.165, 1.54) is 4.90 Å². The maximum absolute atomic E-state index is 13.5. The molecular weight excluding hydrogens is 466 g/mol. The first-order valence-electron chi connectivity index (χ1n) is 12.2. The number of hydrogen-bond acceptors (Lipinski definition) is 8. The van der Waals surface area contributed by atoms with Crippen molar-refractivity contribution in [1.82, 2.24) is 4.90 Å². The Morgan fingerprint density at radius 1 is 1.00 bits per heavy atom. The molecule has 1 N–H and O–H groups in total. The van der Waals surface area contributed by atoms with Crippen molar-refractivity contribution < 1.29 is 38.4 Å². The minimum Gasteiger partial charge on any atom is -0.515 e. The van der Waals surface area contributed by atoms with Crippen molar-refractivity contribution in [1.29, 1.82) is 0 Å². The van der Waals surface area contributed by atoms with E-state index in [-0.39, 0.29) is 12.2 Å². The molecular formula is C27H39NO8. The number of ether oxygens (including phenoxy) is 5. The van der Waals surface area contributed by atoms with Gasteiger partial charge in [0.2, 0.25) is 0 Å². The molecule has 4 atom stereocenters. The van der Waals surface area contributed by atoms with E-state index in [0.717, 1.165) is 5.56 Å². The smallest absolute Gasteiger partial charge is 0.411 e. The normalized spacial score (nSPS) is 26.0. The number of hydrogen-bond donors (Lipinski definition) is 1. The molecule has 1 aromatic rings. The Bertz CT molecular complexity index is 960. The van der Waals surface area contributed by atoms with Crippen molar-refractivity contribution >= 4 is 12.1 Å². The summed E-state index contributed by atoms with van der Waals surface area (Å²) in [6.07, 6.45) is -1.40. The van der Waals surface area contributed by atoms with Crippen molar-refractivity contribution in [3.05, 3.63) is 47.7 Å². The molecule has 0 radical (unpaired) electrons. The molecule has 9 heteroatoms. The number of amides is 1. The minimum absolute atomic E-state index is 0.0955. The first kappa shape index (κ1) is 28.0. The zero-order valence-corrected chi connectivity index (χ0v) is 22.4. The Morgan fingerprint density at radius 3 is 2.14 bits per heavy atom. The van der Waals surface area contributed by atoms with Crippen LogP contribution in [0.4, 0.5) is 4.79 Å². The average molecular weight is 506 g/mol. The standard InChI is InChI=1S/C27H39NO8/c1-25(2,3)35-23(30)18(14-29)20-22-21(33-27(7,8)34-22)19(28(20)24(31)36-26(4,5)6)16-32-15-17-12-10-9-11-13-17/h9-14,19-22,29H,15-16H2,1-8H3/b18-14-/t19-,20+,21-,22+/m1/s1. The monoisotopic (exact) mass is 505 g/mol. The topological polar surface area (TPSA) is 104 Å². The van der Waals surface area contributed by atoms with Crippen LogP contribution in [-0.4, -0.2) is 70.0 Å². The summed E-state index contributed by atoms with van der Waals surface area (Å²) in [6, 6.07) is 7.98. The van der Waals surface area contributed by atoms with Crippen molar-refractivity contribution in [2.45, 2.75) is 103 Å². The number of carbonyl (C=O) groups is 2. The highest BCUT2D eigenvalue weighted by molar-refractivity contribution is 5.91. The third-order valence-electron chi connectivity index (χ3n) is 5.61. The number of aliphatic hydroxyl groups excluding tert-OH is 1. The molecule has 9 nitrogen and oxygen atoms in total. The molecule has 2 fully saturated rings. The van der Waals surface area contributed by atoms with Crippen LogP contribution in [0.1, 0.15) is 61.0 Å². The van der Waals surface area contributed by atoms with Crippen LogP contribution in [0.15, 0.2) is 42.2 Å². The van der Waals surface area contributed by atoms with Crippen molar-refractivity contribution in [3.63, 3.8) is 0 Å². The molecule has 0 bridgehead atoms. The first-order valence-corrected chi connectivity index (χ1v) is 12.2. The molecule has 1 amide bonds. The zero-order chi connectivity index (χ0) is 26.9. The number of nitrogens with zero attached hydrogens (tertiary/aromatic N) is 1. The molecule has 1 aromatic carbocycles. The van der Waals surface area contributed by atoms with Crippen molar-refractivity contribution in [2.75, 3.05) is 6.61 Å². The van der Waals surface area contributed by atoms with Crippen LogP contribution in [0.2, 0.25) is 0 Å². The van der Waals surface area contributed by atoms with Crippen LogP contribution in [0, 0.1) is 0 Å². The third-order valence-corrected chi connectivity index (χ3v) is 5.61. The lowest BCUT2D eigenvalue weighted by Gasteiger charge is -2.36. The summed E-state index contributed by atoms with van der Waals surface area (Å²) >= 11 is 0. The van der Waals surface area contributed by atoms with Crippen molar-refractivity contribution in [3.8, 4) is 0 Å². The van der Waals surface area contributed by atoms with Crippen LogP contribution in [0.5, 0.6) is 0 Å². The Hall–Kier alpha value is -2.62. The van der Waals surface area contributed by atoms with Crippen LogP contribution >= 0.6 is 0 Å². The number of benzene rings is 1. The number of esters is 1. The van der Waals surface area contributed by atoms with Gasteiger partial charge in [-0.15, -0.1) is 0 Å². The second kappa shape index (κ2) is 10.4. The molecule has 0 aromatic heterocycles. The summed E-state index contributed by atoms with van der Waals surface area (Å²) in [7, 11) is 0. The highest BCUT2D eigenvalue weighted by Gasteiger charge is 2.62. The molecule has 2 heterocycles. The van der Waals surface area contributed by atoms with Gasteiger partial charge in [-0.25, -0.2) is 9.59 Å². The second-order valence-corrected chi connectivity index (χ2v) is 11.6. The molecule has 0 aliphatic carbocycles. The van der Waals surface area contributed by atoms with E-state index in [1.54, 1.807) is 55.4 Å². The summed E-state index contributed by atoms with van der Waals surface area (Å²) in [5, 5.41) is 10.2. The Balaban J connectivity index is 1.97. The lowest BCUT2D eigenvalue weighted by Crippen LogP contribution is -2.51. The molecule has 200 valence electrons. The molecule has 2 aliphatic heterocycles. The Kier molecular flexibility index (Phi) is 8.07. The molecule has 2 saturated heterocycles. The predicted octanol–water partition coefficient (Wildman–Crippen LogP) is 4.49. The van der Waals surface area contributed by atoms with E-state index in [4.69, 9.17) is 23.7 Å². The summed E-state index contributed by atoms with van der Waals surface area (Å²) in [4.78, 5) is 28.0. The van der Waals surface area contributed by atoms with Crippen molar-refractivity contribution in [2.24, 2.45) is 0 Å². The van der Waals surface area contributed by atoms with Gasteiger partial charge < -0.3 is 28.8 Å². The molecule has 0 saturated carbocycles. The summed E-state index contributed by atoms with van der Waals surface area (Å²) in [5.41, 5.74) is -0.770. The van der Waals surface area contributed by atoms with Gasteiger partial charge in [0.1, 0.15) is 23.4 Å². The van der Waals surface area contributed by atoms with E-state index in [0.29, 0.717) is 12.9 Å². The first-order chi connectivity index (χ1) is 16.6. The molecule has 36 heavy (non-hydrogen) atoms. The highest BCUT2D eigenvalue weighted by Crippen LogP contribution is 2.44. The van der Waals surface area contributed by atoms with Crippen LogP contribution in [-0.2, 0) is 35.1 Å². The lowest BCUT2D eigenvalue weighted by atomic mass is 10.0. The summed E-state index contributed by atoms with van der Waals surface area (Å²) in [6.45, 7) is 14.4. The maximum atomic E-state index is 13.5. The van der Waals surface area contributed by atoms with Crippen LogP contribution in [0.25, 0.3) is 0 Å². The van der Waals surface area contributed by atoms with Gasteiger partial charge in [-0.3, -0.25) is 4.90 Å². The number of likely N-dealkylation sites (tertiary alicyclic amines) is 1. The second-order valence-electron chi connectivity index (χ2n) is 11.6. The highest BCUT2D eigenvalue weighted by atomic mass is 16.8. The molecule has 0 spiro atoms. The number of aliphatic hydroxyl groups is 1. The van der Waals surface area contributed by atoms with Gasteiger partial charge in [0.15, 0.2) is 5.79 Å².